The Bertz CT molecular complexity index is 1000. The van der Waals surface area contributed by atoms with Crippen LogP contribution < -0.4 is 5.32 Å². The van der Waals surface area contributed by atoms with E-state index in [0.29, 0.717) is 17.5 Å². The number of rotatable bonds is 5. The standard InChI is InChI=1S/C27H38N4O/c1-18(2)16-30-13-14-31-21(17-30)22(28-23(31)19-9-7-6-8-10-19)24(32)29-25-26(3,4)20-11-12-27(25,5)15-20/h6-10,18,20,25H,11-17H2,1-5H3,(H,29,32). The lowest BCUT2D eigenvalue weighted by atomic mass is 9.68. The number of imidazole rings is 1. The molecule has 1 amide bonds. The Morgan fingerprint density at radius 2 is 1.94 bits per heavy atom. The topological polar surface area (TPSA) is 50.2 Å². The molecule has 1 N–H and O–H groups in total. The molecule has 0 saturated heterocycles. The van der Waals surface area contributed by atoms with Gasteiger partial charge in [0.15, 0.2) is 5.69 Å². The highest BCUT2D eigenvalue weighted by molar-refractivity contribution is 5.94. The minimum atomic E-state index is 0.00850. The highest BCUT2D eigenvalue weighted by atomic mass is 16.2. The van der Waals surface area contributed by atoms with Crippen LogP contribution in [0.2, 0.25) is 0 Å². The SMILES string of the molecule is CC(C)CN1CCn2c(-c3ccccc3)nc(C(=O)NC3C4(C)CCC(C4)C3(C)C)c2C1. The molecule has 3 aliphatic rings. The van der Waals surface area contributed by atoms with Gasteiger partial charge in [0.05, 0.1) is 5.69 Å². The first-order chi connectivity index (χ1) is 15.2. The minimum Gasteiger partial charge on any atom is -0.347 e. The molecule has 5 nitrogen and oxygen atoms in total. The van der Waals surface area contributed by atoms with E-state index in [1.54, 1.807) is 0 Å². The van der Waals surface area contributed by atoms with E-state index < -0.39 is 0 Å². The molecule has 172 valence electrons. The maximum atomic E-state index is 13.7. The van der Waals surface area contributed by atoms with Crippen molar-refractivity contribution in [3.05, 3.63) is 41.7 Å². The Hall–Kier alpha value is -2.14. The summed E-state index contributed by atoms with van der Waals surface area (Å²) in [4.78, 5) is 21.2. The highest BCUT2D eigenvalue weighted by Gasteiger charge is 2.59. The molecule has 3 atom stereocenters. The molecule has 1 aliphatic heterocycles. The van der Waals surface area contributed by atoms with Gasteiger partial charge in [0, 0.05) is 37.8 Å². The van der Waals surface area contributed by atoms with E-state index in [-0.39, 0.29) is 22.8 Å². The van der Waals surface area contributed by atoms with Crippen LogP contribution in [-0.4, -0.2) is 39.5 Å². The van der Waals surface area contributed by atoms with Crippen molar-refractivity contribution in [3.8, 4) is 11.4 Å². The van der Waals surface area contributed by atoms with Crippen LogP contribution in [0.4, 0.5) is 0 Å². The van der Waals surface area contributed by atoms with E-state index in [1.165, 1.54) is 19.3 Å². The fourth-order valence-corrected chi connectivity index (χ4v) is 6.94. The van der Waals surface area contributed by atoms with Gasteiger partial charge in [-0.25, -0.2) is 4.98 Å². The monoisotopic (exact) mass is 434 g/mol. The van der Waals surface area contributed by atoms with Crippen LogP contribution in [0.5, 0.6) is 0 Å². The van der Waals surface area contributed by atoms with E-state index in [2.05, 4.69) is 61.5 Å². The summed E-state index contributed by atoms with van der Waals surface area (Å²) in [5.74, 6) is 2.24. The molecule has 0 radical (unpaired) electrons. The molecule has 5 heteroatoms. The van der Waals surface area contributed by atoms with Gasteiger partial charge in [-0.3, -0.25) is 9.69 Å². The molecule has 2 heterocycles. The van der Waals surface area contributed by atoms with Crippen molar-refractivity contribution in [2.45, 2.75) is 73.0 Å². The lowest BCUT2D eigenvalue weighted by molar-refractivity contribution is 0.0730. The summed E-state index contributed by atoms with van der Waals surface area (Å²) >= 11 is 0. The van der Waals surface area contributed by atoms with Gasteiger partial charge < -0.3 is 9.88 Å². The number of fused-ring (bicyclic) bond motifs is 3. The van der Waals surface area contributed by atoms with Gasteiger partial charge in [0.2, 0.25) is 0 Å². The molecule has 2 aliphatic carbocycles. The number of amides is 1. The molecule has 2 fully saturated rings. The predicted molar refractivity (Wildman–Crippen MR) is 128 cm³/mol. The number of carbonyl (C=O) groups is 1. The van der Waals surface area contributed by atoms with Gasteiger partial charge in [-0.05, 0) is 41.9 Å². The molecule has 1 aromatic carbocycles. The molecule has 3 unspecified atom stereocenters. The summed E-state index contributed by atoms with van der Waals surface area (Å²) in [5, 5.41) is 3.49. The van der Waals surface area contributed by atoms with Crippen molar-refractivity contribution >= 4 is 5.91 Å². The number of aromatic nitrogens is 2. The Labute approximate surface area is 192 Å². The van der Waals surface area contributed by atoms with Crippen molar-refractivity contribution in [1.82, 2.24) is 19.8 Å². The summed E-state index contributed by atoms with van der Waals surface area (Å²) in [6.07, 6.45) is 3.73. The minimum absolute atomic E-state index is 0.00850. The summed E-state index contributed by atoms with van der Waals surface area (Å²) < 4.78 is 2.29. The Kier molecular flexibility index (Phi) is 5.23. The van der Waals surface area contributed by atoms with Crippen LogP contribution in [0.1, 0.15) is 70.1 Å². The molecule has 32 heavy (non-hydrogen) atoms. The average Bonchev–Trinajstić information content (AvgIpc) is 3.38. The van der Waals surface area contributed by atoms with Crippen molar-refractivity contribution < 1.29 is 4.79 Å². The second-order valence-corrected chi connectivity index (χ2v) is 11.7. The van der Waals surface area contributed by atoms with Gasteiger partial charge in [0.25, 0.3) is 5.91 Å². The first kappa shape index (κ1) is 21.7. The zero-order valence-electron chi connectivity index (χ0n) is 20.3. The zero-order chi connectivity index (χ0) is 22.7. The summed E-state index contributed by atoms with van der Waals surface area (Å²) in [7, 11) is 0. The lowest BCUT2D eigenvalue weighted by Gasteiger charge is -2.43. The fraction of sp³-hybridized carbons (Fsp3) is 0.630. The molecule has 0 spiro atoms. The molecule has 2 bridgehead atoms. The third kappa shape index (κ3) is 3.49. The largest absolute Gasteiger partial charge is 0.347 e. The normalized spacial score (nSPS) is 28.8. The van der Waals surface area contributed by atoms with Gasteiger partial charge >= 0.3 is 0 Å². The van der Waals surface area contributed by atoms with Crippen LogP contribution in [0.15, 0.2) is 30.3 Å². The molecule has 2 saturated carbocycles. The average molecular weight is 435 g/mol. The first-order valence-electron chi connectivity index (χ1n) is 12.4. The number of hydrogen-bond donors (Lipinski definition) is 1. The third-order valence-electron chi connectivity index (χ3n) is 8.50. The Balaban J connectivity index is 1.49. The van der Waals surface area contributed by atoms with Crippen LogP contribution in [0.25, 0.3) is 11.4 Å². The summed E-state index contributed by atoms with van der Waals surface area (Å²) in [6.45, 7) is 15.3. The maximum absolute atomic E-state index is 13.7. The molecular weight excluding hydrogens is 396 g/mol. The van der Waals surface area contributed by atoms with Crippen molar-refractivity contribution in [1.29, 1.82) is 0 Å². The van der Waals surface area contributed by atoms with E-state index >= 15 is 0 Å². The van der Waals surface area contributed by atoms with E-state index in [4.69, 9.17) is 4.98 Å². The molecule has 5 rings (SSSR count). The molecule has 1 aromatic heterocycles. The third-order valence-corrected chi connectivity index (χ3v) is 8.50. The van der Waals surface area contributed by atoms with Crippen LogP contribution in [0, 0.1) is 22.7 Å². The van der Waals surface area contributed by atoms with E-state index in [0.717, 1.165) is 43.3 Å². The van der Waals surface area contributed by atoms with Crippen molar-refractivity contribution in [2.24, 2.45) is 22.7 Å². The van der Waals surface area contributed by atoms with Gasteiger partial charge in [0.1, 0.15) is 5.82 Å². The number of nitrogens with zero attached hydrogens (tertiary/aromatic N) is 3. The number of benzene rings is 1. The molecular formula is C27H38N4O. The summed E-state index contributed by atoms with van der Waals surface area (Å²) in [6, 6.07) is 10.5. The second kappa shape index (κ2) is 7.72. The molecule has 2 aromatic rings. The zero-order valence-corrected chi connectivity index (χ0v) is 20.3. The highest BCUT2D eigenvalue weighted by Crippen LogP contribution is 2.62. The van der Waals surface area contributed by atoms with Crippen molar-refractivity contribution in [3.63, 3.8) is 0 Å². The Morgan fingerprint density at radius 3 is 2.59 bits per heavy atom. The van der Waals surface area contributed by atoms with Gasteiger partial charge in [-0.2, -0.15) is 0 Å². The van der Waals surface area contributed by atoms with Gasteiger partial charge in [-0.1, -0.05) is 65.0 Å². The van der Waals surface area contributed by atoms with E-state index in [9.17, 15) is 4.79 Å². The van der Waals surface area contributed by atoms with Crippen LogP contribution in [0.3, 0.4) is 0 Å². The summed E-state index contributed by atoms with van der Waals surface area (Å²) in [5.41, 5.74) is 3.11. The smallest absolute Gasteiger partial charge is 0.272 e. The lowest BCUT2D eigenvalue weighted by Crippen LogP contribution is -2.52. The van der Waals surface area contributed by atoms with Crippen LogP contribution >= 0.6 is 0 Å². The number of carbonyl (C=O) groups excluding carboxylic acids is 1. The Morgan fingerprint density at radius 1 is 1.19 bits per heavy atom. The number of hydrogen-bond acceptors (Lipinski definition) is 3. The fourth-order valence-electron chi connectivity index (χ4n) is 6.94. The van der Waals surface area contributed by atoms with Crippen LogP contribution in [-0.2, 0) is 13.1 Å². The van der Waals surface area contributed by atoms with E-state index in [1.807, 2.05) is 18.2 Å². The first-order valence-corrected chi connectivity index (χ1v) is 12.4. The van der Waals surface area contributed by atoms with Gasteiger partial charge in [-0.15, -0.1) is 0 Å². The predicted octanol–water partition coefficient (Wildman–Crippen LogP) is 4.97. The quantitative estimate of drug-likeness (QED) is 0.723. The second-order valence-electron chi connectivity index (χ2n) is 11.7. The maximum Gasteiger partial charge on any atom is 0.272 e. The van der Waals surface area contributed by atoms with Crippen molar-refractivity contribution in [2.75, 3.05) is 13.1 Å². The number of nitrogens with one attached hydrogen (secondary N) is 1.